The van der Waals surface area contributed by atoms with Crippen LogP contribution in [0.15, 0.2) is 28.9 Å². The second kappa shape index (κ2) is 5.08. The Labute approximate surface area is 113 Å². The molecule has 0 aromatic heterocycles. The van der Waals surface area contributed by atoms with E-state index in [1.807, 2.05) is 0 Å². The van der Waals surface area contributed by atoms with Gasteiger partial charge in [0.05, 0.1) is 21.5 Å². The summed E-state index contributed by atoms with van der Waals surface area (Å²) in [6.45, 7) is 0. The van der Waals surface area contributed by atoms with Gasteiger partial charge in [-0.15, -0.1) is 11.6 Å². The lowest BCUT2D eigenvalue weighted by molar-refractivity contribution is -0.136. The number of alkyl halides is 1. The molecule has 0 saturated carbocycles. The predicted molar refractivity (Wildman–Crippen MR) is 68.7 cm³/mol. The van der Waals surface area contributed by atoms with Crippen molar-refractivity contribution in [1.82, 2.24) is 0 Å². The first-order valence-corrected chi connectivity index (χ1v) is 5.93. The number of hydrogen-bond acceptors (Lipinski definition) is 3. The quantitative estimate of drug-likeness (QED) is 0.475. The lowest BCUT2D eigenvalue weighted by atomic mass is 10.1. The Kier molecular flexibility index (Phi) is 3.72. The summed E-state index contributed by atoms with van der Waals surface area (Å²) in [6.07, 6.45) is 1.56. The molecule has 0 aliphatic carbocycles. The topological polar surface area (TPSA) is 38.7 Å². The van der Waals surface area contributed by atoms with Crippen molar-refractivity contribution >= 4 is 52.6 Å². The fourth-order valence-corrected chi connectivity index (χ4v) is 1.89. The highest BCUT2D eigenvalue weighted by atomic mass is 35.5. The van der Waals surface area contributed by atoms with Gasteiger partial charge in [0.2, 0.25) is 0 Å². The first-order valence-electron chi connectivity index (χ1n) is 4.63. The molecule has 0 bridgehead atoms. The van der Waals surface area contributed by atoms with Gasteiger partial charge < -0.3 is 4.84 Å². The zero-order valence-electron chi connectivity index (χ0n) is 8.41. The first-order chi connectivity index (χ1) is 8.13. The third-order valence-corrected chi connectivity index (χ3v) is 3.26. The van der Waals surface area contributed by atoms with Gasteiger partial charge in [0.1, 0.15) is 5.71 Å². The zero-order valence-corrected chi connectivity index (χ0v) is 10.7. The van der Waals surface area contributed by atoms with E-state index in [1.165, 1.54) is 0 Å². The highest BCUT2D eigenvalue weighted by Gasteiger charge is 2.24. The fourth-order valence-electron chi connectivity index (χ4n) is 1.34. The van der Waals surface area contributed by atoms with E-state index >= 15 is 0 Å². The number of oxime groups is 1. The molecule has 0 radical (unpaired) electrons. The molecule has 1 heterocycles. The van der Waals surface area contributed by atoms with Crippen LogP contribution in [0.5, 0.6) is 0 Å². The van der Waals surface area contributed by atoms with Gasteiger partial charge in [-0.25, -0.2) is 4.79 Å². The van der Waals surface area contributed by atoms with Gasteiger partial charge in [-0.1, -0.05) is 40.5 Å². The highest BCUT2D eigenvalue weighted by molar-refractivity contribution is 6.43. The van der Waals surface area contributed by atoms with E-state index in [2.05, 4.69) is 9.99 Å². The zero-order chi connectivity index (χ0) is 12.4. The lowest BCUT2D eigenvalue weighted by Crippen LogP contribution is -2.06. The average Bonchev–Trinajstić information content (AvgIpc) is 2.66. The highest BCUT2D eigenvalue weighted by Crippen LogP contribution is 2.28. The van der Waals surface area contributed by atoms with Gasteiger partial charge in [0, 0.05) is 0 Å². The number of nitrogens with zero attached hydrogens (tertiary/aromatic N) is 1. The molecule has 0 spiro atoms. The van der Waals surface area contributed by atoms with Gasteiger partial charge in [-0.05, 0) is 17.7 Å². The summed E-state index contributed by atoms with van der Waals surface area (Å²) in [5.74, 6) is -0.452. The molecule has 0 amide bonds. The monoisotopic (exact) mass is 289 g/mol. The fraction of sp³-hybridized carbons (Fsp3) is 0.0909. The summed E-state index contributed by atoms with van der Waals surface area (Å²) < 4.78 is 0. The van der Waals surface area contributed by atoms with E-state index in [9.17, 15) is 4.79 Å². The molecule has 17 heavy (non-hydrogen) atoms. The van der Waals surface area contributed by atoms with Gasteiger partial charge in [0.25, 0.3) is 0 Å². The van der Waals surface area contributed by atoms with Crippen LogP contribution >= 0.6 is 34.8 Å². The molecule has 2 rings (SSSR count). The van der Waals surface area contributed by atoms with Crippen molar-refractivity contribution in [2.75, 3.05) is 5.88 Å². The second-order valence-electron chi connectivity index (χ2n) is 3.25. The van der Waals surface area contributed by atoms with Crippen molar-refractivity contribution in [3.05, 3.63) is 39.4 Å². The van der Waals surface area contributed by atoms with Crippen LogP contribution in [0.3, 0.4) is 0 Å². The molecule has 1 aromatic rings. The molecule has 1 aromatic carbocycles. The van der Waals surface area contributed by atoms with Crippen LogP contribution in [0, 0.1) is 0 Å². The van der Waals surface area contributed by atoms with Crippen molar-refractivity contribution in [3.8, 4) is 0 Å². The molecule has 0 atom stereocenters. The van der Waals surface area contributed by atoms with Gasteiger partial charge in [0.15, 0.2) is 0 Å². The van der Waals surface area contributed by atoms with Crippen molar-refractivity contribution in [2.24, 2.45) is 5.16 Å². The number of carbonyl (C=O) groups is 1. The smallest absolute Gasteiger partial charge is 0.312 e. The summed E-state index contributed by atoms with van der Waals surface area (Å²) in [4.78, 5) is 15.9. The van der Waals surface area contributed by atoms with Crippen LogP contribution < -0.4 is 0 Å². The second-order valence-corrected chi connectivity index (χ2v) is 4.30. The maximum absolute atomic E-state index is 11.4. The largest absolute Gasteiger partial charge is 0.367 e. The number of hydrogen-bond donors (Lipinski definition) is 0. The molecule has 0 unspecified atom stereocenters. The standard InChI is InChI=1S/C11H6Cl3NO2/c12-5-9-7(11(16)17-15-9)4-6-2-1-3-8(13)10(6)14/h1-4H,5H2/b7-4+. The molecule has 1 aliphatic heterocycles. The Morgan fingerprint density at radius 3 is 2.82 bits per heavy atom. The van der Waals surface area contributed by atoms with Crippen LogP contribution in [0.4, 0.5) is 0 Å². The molecule has 88 valence electrons. The average molecular weight is 291 g/mol. The molecular weight excluding hydrogens is 284 g/mol. The van der Waals surface area contributed by atoms with E-state index in [4.69, 9.17) is 34.8 Å². The van der Waals surface area contributed by atoms with E-state index in [-0.39, 0.29) is 5.88 Å². The van der Waals surface area contributed by atoms with Crippen LogP contribution in [-0.4, -0.2) is 17.6 Å². The van der Waals surface area contributed by atoms with E-state index in [0.717, 1.165) is 0 Å². The van der Waals surface area contributed by atoms with Gasteiger partial charge in [-0.3, -0.25) is 0 Å². The molecule has 3 nitrogen and oxygen atoms in total. The SMILES string of the molecule is O=C1ON=C(CCl)/C1=C\c1cccc(Cl)c1Cl. The van der Waals surface area contributed by atoms with Crippen LogP contribution in [0.1, 0.15) is 5.56 Å². The molecule has 1 aliphatic rings. The van der Waals surface area contributed by atoms with Crippen molar-refractivity contribution in [1.29, 1.82) is 0 Å². The first kappa shape index (κ1) is 12.4. The van der Waals surface area contributed by atoms with E-state index in [0.29, 0.717) is 26.9 Å². The number of rotatable bonds is 2. The maximum Gasteiger partial charge on any atom is 0.367 e. The van der Waals surface area contributed by atoms with E-state index < -0.39 is 5.97 Å². The van der Waals surface area contributed by atoms with E-state index in [1.54, 1.807) is 24.3 Å². The number of carbonyl (C=O) groups excluding carboxylic acids is 1. The Morgan fingerprint density at radius 1 is 1.35 bits per heavy atom. The minimum Gasteiger partial charge on any atom is -0.312 e. The Morgan fingerprint density at radius 2 is 2.12 bits per heavy atom. The van der Waals surface area contributed by atoms with Crippen LogP contribution in [0.2, 0.25) is 10.0 Å². The summed E-state index contributed by atoms with van der Waals surface area (Å²) in [5.41, 5.74) is 1.29. The molecule has 0 saturated heterocycles. The van der Waals surface area contributed by atoms with Crippen molar-refractivity contribution in [2.45, 2.75) is 0 Å². The Balaban J connectivity index is 2.45. The summed E-state index contributed by atoms with van der Waals surface area (Å²) >= 11 is 17.5. The third-order valence-electron chi connectivity index (χ3n) is 2.18. The van der Waals surface area contributed by atoms with Crippen molar-refractivity contribution in [3.63, 3.8) is 0 Å². The molecule has 6 heteroatoms. The van der Waals surface area contributed by atoms with Crippen LogP contribution in [-0.2, 0) is 9.63 Å². The Bertz CT molecular complexity index is 538. The molecule has 0 N–H and O–H groups in total. The van der Waals surface area contributed by atoms with Crippen LogP contribution in [0.25, 0.3) is 6.08 Å². The minimum absolute atomic E-state index is 0.0930. The summed E-state index contributed by atoms with van der Waals surface area (Å²) in [5, 5.41) is 4.34. The maximum atomic E-state index is 11.4. The van der Waals surface area contributed by atoms with Gasteiger partial charge in [-0.2, -0.15) is 0 Å². The van der Waals surface area contributed by atoms with Gasteiger partial charge >= 0.3 is 5.97 Å². The third kappa shape index (κ3) is 2.46. The predicted octanol–water partition coefficient (Wildman–Crippen LogP) is 3.53. The number of benzene rings is 1. The summed E-state index contributed by atoms with van der Waals surface area (Å²) in [6, 6.07) is 5.13. The normalized spacial score (nSPS) is 17.2. The molecule has 0 fully saturated rings. The lowest BCUT2D eigenvalue weighted by Gasteiger charge is -2.01. The summed E-state index contributed by atoms with van der Waals surface area (Å²) in [7, 11) is 0. The minimum atomic E-state index is -0.545. The Hall–Kier alpha value is -1.03. The molecular formula is C11H6Cl3NO2. The van der Waals surface area contributed by atoms with Crippen molar-refractivity contribution < 1.29 is 9.63 Å². The number of halogens is 3.